The Hall–Kier alpha value is -1.19. The van der Waals surface area contributed by atoms with E-state index in [1.807, 2.05) is 11.3 Å². The maximum Gasteiger partial charge on any atom is 0.0934 e. The first-order valence-electron chi connectivity index (χ1n) is 7.91. The number of thiazole rings is 1. The summed E-state index contributed by atoms with van der Waals surface area (Å²) in [6, 6.07) is 10.7. The Labute approximate surface area is 132 Å². The maximum absolute atomic E-state index is 4.90. The summed E-state index contributed by atoms with van der Waals surface area (Å²) in [6.07, 6.45) is 3.21. The summed E-state index contributed by atoms with van der Waals surface area (Å²) in [6.45, 7) is 8.65. The van der Waals surface area contributed by atoms with Gasteiger partial charge in [-0.25, -0.2) is 4.98 Å². The van der Waals surface area contributed by atoms with Gasteiger partial charge < -0.3 is 5.32 Å². The number of aryl methyl sites for hydroxylation is 2. The lowest BCUT2D eigenvalue weighted by Crippen LogP contribution is -2.12. The topological polar surface area (TPSA) is 24.9 Å². The van der Waals surface area contributed by atoms with E-state index in [1.165, 1.54) is 21.1 Å². The van der Waals surface area contributed by atoms with Gasteiger partial charge in [-0.2, -0.15) is 0 Å². The lowest BCUT2D eigenvalue weighted by molar-refractivity contribution is 0.626. The molecular weight excluding hydrogens is 276 g/mol. The molecule has 0 radical (unpaired) electrons. The zero-order valence-electron chi connectivity index (χ0n) is 13.4. The van der Waals surface area contributed by atoms with Crippen LogP contribution in [0.15, 0.2) is 30.3 Å². The molecule has 0 unspecified atom stereocenters. The normalized spacial score (nSPS) is 11.2. The average molecular weight is 302 g/mol. The molecule has 0 aliphatic carbocycles. The van der Waals surface area contributed by atoms with Crippen molar-refractivity contribution >= 4 is 11.3 Å². The summed E-state index contributed by atoms with van der Waals surface area (Å²) in [7, 11) is 0. The van der Waals surface area contributed by atoms with E-state index in [0.717, 1.165) is 32.4 Å². The molecule has 0 aliphatic heterocycles. The molecule has 0 spiro atoms. The minimum Gasteiger partial charge on any atom is -0.312 e. The molecule has 0 saturated heterocycles. The third-order valence-electron chi connectivity index (χ3n) is 3.43. The summed E-state index contributed by atoms with van der Waals surface area (Å²) in [5, 5.41) is 4.72. The molecule has 3 heteroatoms. The van der Waals surface area contributed by atoms with Gasteiger partial charge in [0.05, 0.1) is 10.7 Å². The molecule has 0 aliphatic rings. The lowest BCUT2D eigenvalue weighted by Gasteiger charge is -2.04. The number of aromatic nitrogens is 1. The van der Waals surface area contributed by atoms with Gasteiger partial charge in [0, 0.05) is 17.8 Å². The number of benzene rings is 1. The smallest absolute Gasteiger partial charge is 0.0934 e. The van der Waals surface area contributed by atoms with E-state index < -0.39 is 0 Å². The molecule has 1 aromatic heterocycles. The Bertz CT molecular complexity index is 531. The Morgan fingerprint density at radius 1 is 1.14 bits per heavy atom. The van der Waals surface area contributed by atoms with Gasteiger partial charge >= 0.3 is 0 Å². The quantitative estimate of drug-likeness (QED) is 0.789. The van der Waals surface area contributed by atoms with Gasteiger partial charge in [-0.3, -0.25) is 0 Å². The number of hydrogen-bond acceptors (Lipinski definition) is 3. The van der Waals surface area contributed by atoms with Crippen LogP contribution in [0.2, 0.25) is 0 Å². The van der Waals surface area contributed by atoms with Crippen LogP contribution < -0.4 is 5.32 Å². The van der Waals surface area contributed by atoms with Crippen molar-refractivity contribution in [1.29, 1.82) is 0 Å². The van der Waals surface area contributed by atoms with Crippen LogP contribution in [0.3, 0.4) is 0 Å². The molecule has 2 nitrogen and oxygen atoms in total. The van der Waals surface area contributed by atoms with Crippen molar-refractivity contribution in [3.05, 3.63) is 51.5 Å². The number of nitrogens with one attached hydrogen (secondary N) is 1. The van der Waals surface area contributed by atoms with Crippen molar-refractivity contribution in [2.24, 2.45) is 5.92 Å². The third-order valence-corrected chi connectivity index (χ3v) is 4.59. The summed E-state index contributed by atoms with van der Waals surface area (Å²) in [5.41, 5.74) is 2.70. The second kappa shape index (κ2) is 8.30. The van der Waals surface area contributed by atoms with Gasteiger partial charge in [0.25, 0.3) is 0 Å². The second-order valence-electron chi connectivity index (χ2n) is 5.84. The molecule has 0 saturated carbocycles. The Morgan fingerprint density at radius 2 is 1.90 bits per heavy atom. The molecule has 1 N–H and O–H groups in total. The van der Waals surface area contributed by atoms with E-state index in [2.05, 4.69) is 56.4 Å². The van der Waals surface area contributed by atoms with Crippen LogP contribution >= 0.6 is 11.3 Å². The monoisotopic (exact) mass is 302 g/mol. The number of nitrogens with zero attached hydrogens (tertiary/aromatic N) is 1. The van der Waals surface area contributed by atoms with Crippen molar-refractivity contribution in [3.63, 3.8) is 0 Å². The fourth-order valence-electron chi connectivity index (χ4n) is 2.36. The molecule has 2 rings (SSSR count). The SMILES string of the molecule is CCNCc1sc(CCc2ccccc2)nc1CC(C)C. The molecule has 0 amide bonds. The number of hydrogen-bond donors (Lipinski definition) is 1. The summed E-state index contributed by atoms with van der Waals surface area (Å²) in [4.78, 5) is 6.32. The first kappa shape index (κ1) is 16.2. The van der Waals surface area contributed by atoms with E-state index in [9.17, 15) is 0 Å². The van der Waals surface area contributed by atoms with Gasteiger partial charge in [-0.05, 0) is 30.9 Å². The van der Waals surface area contributed by atoms with Gasteiger partial charge in [0.1, 0.15) is 0 Å². The fourth-order valence-corrected chi connectivity index (χ4v) is 3.43. The highest BCUT2D eigenvalue weighted by Crippen LogP contribution is 2.22. The van der Waals surface area contributed by atoms with E-state index in [0.29, 0.717) is 5.92 Å². The zero-order valence-corrected chi connectivity index (χ0v) is 14.2. The predicted molar refractivity (Wildman–Crippen MR) is 91.9 cm³/mol. The molecular formula is C18H26N2S. The molecule has 1 heterocycles. The van der Waals surface area contributed by atoms with Crippen LogP contribution in [0.1, 0.15) is 41.9 Å². The van der Waals surface area contributed by atoms with Crippen LogP contribution in [-0.2, 0) is 25.8 Å². The Kier molecular flexibility index (Phi) is 6.40. The standard InChI is InChI=1S/C18H26N2S/c1-4-19-13-17-16(12-14(2)3)20-18(21-17)11-10-15-8-6-5-7-9-15/h5-9,14,19H,4,10-13H2,1-3H3. The van der Waals surface area contributed by atoms with Crippen molar-refractivity contribution in [3.8, 4) is 0 Å². The summed E-state index contributed by atoms with van der Waals surface area (Å²) >= 11 is 1.89. The van der Waals surface area contributed by atoms with Gasteiger partial charge in [0.2, 0.25) is 0 Å². The predicted octanol–water partition coefficient (Wildman–Crippen LogP) is 4.24. The maximum atomic E-state index is 4.90. The highest BCUT2D eigenvalue weighted by Gasteiger charge is 2.12. The second-order valence-corrected chi connectivity index (χ2v) is 7.01. The first-order chi connectivity index (χ1) is 10.2. The highest BCUT2D eigenvalue weighted by atomic mass is 32.1. The summed E-state index contributed by atoms with van der Waals surface area (Å²) < 4.78 is 0. The molecule has 21 heavy (non-hydrogen) atoms. The van der Waals surface area contributed by atoms with Crippen molar-refractivity contribution in [2.45, 2.75) is 46.6 Å². The Morgan fingerprint density at radius 3 is 2.57 bits per heavy atom. The van der Waals surface area contributed by atoms with Crippen LogP contribution in [0, 0.1) is 5.92 Å². The van der Waals surface area contributed by atoms with Crippen LogP contribution in [0.5, 0.6) is 0 Å². The van der Waals surface area contributed by atoms with Crippen LogP contribution in [0.25, 0.3) is 0 Å². The first-order valence-corrected chi connectivity index (χ1v) is 8.72. The van der Waals surface area contributed by atoms with Gasteiger partial charge in [-0.1, -0.05) is 51.1 Å². The summed E-state index contributed by atoms with van der Waals surface area (Å²) in [5.74, 6) is 0.662. The van der Waals surface area contributed by atoms with Crippen LogP contribution in [0.4, 0.5) is 0 Å². The third kappa shape index (κ3) is 5.25. The van der Waals surface area contributed by atoms with Crippen molar-refractivity contribution < 1.29 is 0 Å². The molecule has 0 atom stereocenters. The fraction of sp³-hybridized carbons (Fsp3) is 0.500. The van der Waals surface area contributed by atoms with E-state index in [-0.39, 0.29) is 0 Å². The number of rotatable bonds is 8. The van der Waals surface area contributed by atoms with Crippen molar-refractivity contribution in [2.75, 3.05) is 6.54 Å². The minimum atomic E-state index is 0.662. The zero-order chi connectivity index (χ0) is 15.1. The van der Waals surface area contributed by atoms with E-state index >= 15 is 0 Å². The van der Waals surface area contributed by atoms with Crippen molar-refractivity contribution in [1.82, 2.24) is 10.3 Å². The van der Waals surface area contributed by atoms with Crippen LogP contribution in [-0.4, -0.2) is 11.5 Å². The van der Waals surface area contributed by atoms with E-state index in [4.69, 9.17) is 4.98 Å². The van der Waals surface area contributed by atoms with Gasteiger partial charge in [-0.15, -0.1) is 11.3 Å². The average Bonchev–Trinajstić information content (AvgIpc) is 2.85. The highest BCUT2D eigenvalue weighted by molar-refractivity contribution is 7.11. The van der Waals surface area contributed by atoms with Gasteiger partial charge in [0.15, 0.2) is 0 Å². The lowest BCUT2D eigenvalue weighted by atomic mass is 10.1. The molecule has 114 valence electrons. The minimum absolute atomic E-state index is 0.662. The Balaban J connectivity index is 2.03. The largest absolute Gasteiger partial charge is 0.312 e. The molecule has 1 aromatic carbocycles. The molecule has 0 fully saturated rings. The molecule has 2 aromatic rings. The molecule has 0 bridgehead atoms. The van der Waals surface area contributed by atoms with E-state index in [1.54, 1.807) is 0 Å².